The first-order valence-corrected chi connectivity index (χ1v) is 5.91. The molecule has 1 heterocycles. The van der Waals surface area contributed by atoms with Crippen LogP contribution in [-0.4, -0.2) is 23.5 Å². The Labute approximate surface area is 96.3 Å². The monoisotopic (exact) mass is 224 g/mol. The molecule has 1 aliphatic rings. The molecule has 0 saturated heterocycles. The highest BCUT2D eigenvalue weighted by Crippen LogP contribution is 2.27. The standard InChI is InChI=1S/C12H17ClN2/c1-15(8-10-3-2-4-10)9-11-5-6-12(13)14-7-11/h5-7,10H,2-4,8-9H2,1H3. The van der Waals surface area contributed by atoms with E-state index in [1.54, 1.807) is 0 Å². The zero-order valence-electron chi connectivity index (χ0n) is 9.12. The smallest absolute Gasteiger partial charge is 0.129 e. The molecule has 0 unspecified atom stereocenters. The van der Waals surface area contributed by atoms with Gasteiger partial charge in [-0.05, 0) is 37.4 Å². The normalized spacial score (nSPS) is 16.7. The van der Waals surface area contributed by atoms with E-state index in [-0.39, 0.29) is 0 Å². The molecular formula is C12H17ClN2. The molecular weight excluding hydrogens is 208 g/mol. The van der Waals surface area contributed by atoms with Crippen LogP contribution in [0.5, 0.6) is 0 Å². The number of aromatic nitrogens is 1. The lowest BCUT2D eigenvalue weighted by Gasteiger charge is -2.30. The van der Waals surface area contributed by atoms with Crippen molar-refractivity contribution < 1.29 is 0 Å². The average molecular weight is 225 g/mol. The Kier molecular flexibility index (Phi) is 3.60. The van der Waals surface area contributed by atoms with E-state index in [9.17, 15) is 0 Å². The SMILES string of the molecule is CN(Cc1ccc(Cl)nc1)CC1CCC1. The highest BCUT2D eigenvalue weighted by atomic mass is 35.5. The van der Waals surface area contributed by atoms with Crippen LogP contribution < -0.4 is 0 Å². The van der Waals surface area contributed by atoms with E-state index < -0.39 is 0 Å². The Hall–Kier alpha value is -0.600. The summed E-state index contributed by atoms with van der Waals surface area (Å²) in [6.07, 6.45) is 6.09. The van der Waals surface area contributed by atoms with Crippen LogP contribution in [-0.2, 0) is 6.54 Å². The lowest BCUT2D eigenvalue weighted by atomic mass is 9.85. The van der Waals surface area contributed by atoms with Gasteiger partial charge in [0.05, 0.1) is 0 Å². The number of hydrogen-bond acceptors (Lipinski definition) is 2. The van der Waals surface area contributed by atoms with Gasteiger partial charge in [0, 0.05) is 19.3 Å². The first kappa shape index (κ1) is 10.9. The summed E-state index contributed by atoms with van der Waals surface area (Å²) in [6, 6.07) is 3.90. The summed E-state index contributed by atoms with van der Waals surface area (Å²) < 4.78 is 0. The van der Waals surface area contributed by atoms with Crippen molar-refractivity contribution in [2.24, 2.45) is 5.92 Å². The average Bonchev–Trinajstić information content (AvgIpc) is 2.16. The summed E-state index contributed by atoms with van der Waals surface area (Å²) in [6.45, 7) is 2.18. The maximum absolute atomic E-state index is 5.74. The van der Waals surface area contributed by atoms with Gasteiger partial charge in [0.25, 0.3) is 0 Å². The van der Waals surface area contributed by atoms with Crippen LogP contribution in [0.4, 0.5) is 0 Å². The second-order valence-corrected chi connectivity index (χ2v) is 4.87. The topological polar surface area (TPSA) is 16.1 Å². The molecule has 3 heteroatoms. The summed E-state index contributed by atoms with van der Waals surface area (Å²) >= 11 is 5.74. The molecule has 2 rings (SSSR count). The second-order valence-electron chi connectivity index (χ2n) is 4.48. The van der Waals surface area contributed by atoms with E-state index in [0.29, 0.717) is 5.15 Å². The van der Waals surface area contributed by atoms with Crippen LogP contribution >= 0.6 is 11.6 Å². The van der Waals surface area contributed by atoms with Crippen LogP contribution in [0.15, 0.2) is 18.3 Å². The highest BCUT2D eigenvalue weighted by molar-refractivity contribution is 6.29. The van der Waals surface area contributed by atoms with E-state index in [0.717, 1.165) is 12.5 Å². The Balaban J connectivity index is 1.82. The van der Waals surface area contributed by atoms with E-state index in [1.165, 1.54) is 31.4 Å². The molecule has 1 aromatic heterocycles. The number of hydrogen-bond donors (Lipinski definition) is 0. The molecule has 0 bridgehead atoms. The van der Waals surface area contributed by atoms with E-state index in [1.807, 2.05) is 18.3 Å². The van der Waals surface area contributed by atoms with Crippen molar-refractivity contribution in [3.8, 4) is 0 Å². The van der Waals surface area contributed by atoms with Gasteiger partial charge in [-0.2, -0.15) is 0 Å². The largest absolute Gasteiger partial charge is 0.302 e. The zero-order chi connectivity index (χ0) is 10.7. The van der Waals surface area contributed by atoms with Crippen molar-refractivity contribution in [1.29, 1.82) is 0 Å². The number of pyridine rings is 1. The van der Waals surface area contributed by atoms with Gasteiger partial charge in [-0.25, -0.2) is 4.98 Å². The first-order chi connectivity index (χ1) is 7.24. The molecule has 0 amide bonds. The van der Waals surface area contributed by atoms with Crippen molar-refractivity contribution in [3.63, 3.8) is 0 Å². The van der Waals surface area contributed by atoms with Gasteiger partial charge in [0.15, 0.2) is 0 Å². The Morgan fingerprint density at radius 3 is 2.80 bits per heavy atom. The fourth-order valence-corrected chi connectivity index (χ4v) is 2.10. The molecule has 0 aliphatic heterocycles. The Bertz CT molecular complexity index is 306. The quantitative estimate of drug-likeness (QED) is 0.731. The minimum absolute atomic E-state index is 0.570. The van der Waals surface area contributed by atoms with Gasteiger partial charge >= 0.3 is 0 Å². The Morgan fingerprint density at radius 1 is 1.47 bits per heavy atom. The maximum atomic E-state index is 5.74. The van der Waals surface area contributed by atoms with Crippen LogP contribution in [0.1, 0.15) is 24.8 Å². The summed E-state index contributed by atoms with van der Waals surface area (Å²) in [5.41, 5.74) is 1.24. The van der Waals surface area contributed by atoms with Crippen molar-refractivity contribution >= 4 is 11.6 Å². The van der Waals surface area contributed by atoms with Gasteiger partial charge in [0.2, 0.25) is 0 Å². The van der Waals surface area contributed by atoms with Crippen molar-refractivity contribution in [3.05, 3.63) is 29.0 Å². The van der Waals surface area contributed by atoms with Gasteiger partial charge in [-0.15, -0.1) is 0 Å². The summed E-state index contributed by atoms with van der Waals surface area (Å²) in [5.74, 6) is 0.926. The molecule has 0 N–H and O–H groups in total. The molecule has 0 aromatic carbocycles. The molecule has 0 radical (unpaired) electrons. The number of rotatable bonds is 4. The predicted molar refractivity (Wildman–Crippen MR) is 62.9 cm³/mol. The van der Waals surface area contributed by atoms with Crippen LogP contribution in [0.25, 0.3) is 0 Å². The third-order valence-corrected chi connectivity index (χ3v) is 3.26. The summed E-state index contributed by atoms with van der Waals surface area (Å²) in [4.78, 5) is 6.45. The Morgan fingerprint density at radius 2 is 2.27 bits per heavy atom. The molecule has 0 spiro atoms. The zero-order valence-corrected chi connectivity index (χ0v) is 9.87. The van der Waals surface area contributed by atoms with Crippen LogP contribution in [0.2, 0.25) is 5.15 Å². The van der Waals surface area contributed by atoms with E-state index in [4.69, 9.17) is 11.6 Å². The van der Waals surface area contributed by atoms with Crippen LogP contribution in [0.3, 0.4) is 0 Å². The van der Waals surface area contributed by atoms with Gasteiger partial charge < -0.3 is 4.90 Å². The van der Waals surface area contributed by atoms with Crippen molar-refractivity contribution in [2.75, 3.05) is 13.6 Å². The predicted octanol–water partition coefficient (Wildman–Crippen LogP) is 2.97. The van der Waals surface area contributed by atoms with E-state index in [2.05, 4.69) is 16.9 Å². The molecule has 1 fully saturated rings. The molecule has 0 atom stereocenters. The number of nitrogens with zero attached hydrogens (tertiary/aromatic N) is 2. The summed E-state index contributed by atoms with van der Waals surface area (Å²) in [7, 11) is 2.17. The summed E-state index contributed by atoms with van der Waals surface area (Å²) in [5, 5.41) is 0.570. The maximum Gasteiger partial charge on any atom is 0.129 e. The van der Waals surface area contributed by atoms with Crippen LogP contribution in [0, 0.1) is 5.92 Å². The fraction of sp³-hybridized carbons (Fsp3) is 0.583. The third-order valence-electron chi connectivity index (χ3n) is 3.04. The lowest BCUT2D eigenvalue weighted by Crippen LogP contribution is -2.29. The number of halogens is 1. The van der Waals surface area contributed by atoms with Crippen molar-refractivity contribution in [2.45, 2.75) is 25.8 Å². The fourth-order valence-electron chi connectivity index (χ4n) is 1.99. The molecule has 15 heavy (non-hydrogen) atoms. The minimum atomic E-state index is 0.570. The van der Waals surface area contributed by atoms with Gasteiger partial charge in [-0.1, -0.05) is 24.1 Å². The molecule has 1 aliphatic carbocycles. The van der Waals surface area contributed by atoms with Crippen molar-refractivity contribution in [1.82, 2.24) is 9.88 Å². The molecule has 2 nitrogen and oxygen atoms in total. The minimum Gasteiger partial charge on any atom is -0.302 e. The second kappa shape index (κ2) is 4.95. The molecule has 1 aromatic rings. The van der Waals surface area contributed by atoms with Gasteiger partial charge in [0.1, 0.15) is 5.15 Å². The highest BCUT2D eigenvalue weighted by Gasteiger charge is 2.18. The lowest BCUT2D eigenvalue weighted by molar-refractivity contribution is 0.200. The van der Waals surface area contributed by atoms with Gasteiger partial charge in [-0.3, -0.25) is 0 Å². The first-order valence-electron chi connectivity index (χ1n) is 5.53. The third kappa shape index (κ3) is 3.18. The molecule has 1 saturated carbocycles. The molecule has 82 valence electrons. The van der Waals surface area contributed by atoms with E-state index >= 15 is 0 Å².